The first kappa shape index (κ1) is 20.4. The summed E-state index contributed by atoms with van der Waals surface area (Å²) in [6.45, 7) is 0. The Morgan fingerprint density at radius 1 is 1.07 bits per heavy atom. The van der Waals surface area contributed by atoms with Crippen LogP contribution in [0, 0.1) is 0 Å². The highest BCUT2D eigenvalue weighted by molar-refractivity contribution is 7.80. The zero-order chi connectivity index (χ0) is 21.3. The number of carboxylic acids is 1. The first-order valence-corrected chi connectivity index (χ1v) is 10.6. The molecular weight excluding hydrogens is 426 g/mol. The molecule has 2 unspecified atom stereocenters. The van der Waals surface area contributed by atoms with Gasteiger partial charge in [0.1, 0.15) is 17.2 Å². The maximum atomic E-state index is 12.1. The van der Waals surface area contributed by atoms with E-state index in [1.807, 2.05) is 24.3 Å². The van der Waals surface area contributed by atoms with Gasteiger partial charge in [-0.3, -0.25) is 8.51 Å². The van der Waals surface area contributed by atoms with Crippen LogP contribution < -0.4 is 4.31 Å². The van der Waals surface area contributed by atoms with Gasteiger partial charge in [0.25, 0.3) is 0 Å². The van der Waals surface area contributed by atoms with Crippen molar-refractivity contribution in [3.63, 3.8) is 0 Å². The minimum absolute atomic E-state index is 0.106. The standard InChI is InChI=1S/C22H18ClNO5S/c23-15-8-5-14(6-9-15)7-11-19(22(25)26)24(30(27)28)16-10-12-21-18(13-16)17-3-1-2-4-20(17)29-21/h1-6,8-10,12-13,19H,7,11H2,(H,25,26)(H,27,28)/p-1. The van der Waals surface area contributed by atoms with Crippen LogP contribution in [0.1, 0.15) is 12.0 Å². The van der Waals surface area contributed by atoms with Crippen molar-refractivity contribution in [1.82, 2.24) is 0 Å². The van der Waals surface area contributed by atoms with Gasteiger partial charge in [-0.05, 0) is 54.8 Å². The third-order valence-electron chi connectivity index (χ3n) is 4.96. The molecule has 0 aliphatic rings. The van der Waals surface area contributed by atoms with Crippen LogP contribution in [0.2, 0.25) is 5.02 Å². The van der Waals surface area contributed by atoms with E-state index in [0.29, 0.717) is 22.6 Å². The molecule has 6 nitrogen and oxygen atoms in total. The summed E-state index contributed by atoms with van der Waals surface area (Å²) >= 11 is 3.10. The van der Waals surface area contributed by atoms with Gasteiger partial charge in [0.05, 0.1) is 5.69 Å². The fourth-order valence-electron chi connectivity index (χ4n) is 3.52. The van der Waals surface area contributed by atoms with Crippen molar-refractivity contribution in [3.05, 3.63) is 77.3 Å². The summed E-state index contributed by atoms with van der Waals surface area (Å²) in [6.07, 6.45) is 0.494. The van der Waals surface area contributed by atoms with Gasteiger partial charge >= 0.3 is 5.97 Å². The number of nitrogens with zero attached hydrogens (tertiary/aromatic N) is 1. The predicted molar refractivity (Wildman–Crippen MR) is 116 cm³/mol. The summed E-state index contributed by atoms with van der Waals surface area (Å²) in [6, 6.07) is 18.0. The monoisotopic (exact) mass is 442 g/mol. The lowest BCUT2D eigenvalue weighted by Crippen LogP contribution is -2.42. The second-order valence-corrected chi connectivity index (χ2v) is 8.10. The number of furan rings is 1. The Labute approximate surface area is 180 Å². The van der Waals surface area contributed by atoms with Crippen molar-refractivity contribution in [3.8, 4) is 0 Å². The SMILES string of the molecule is O=C(O)C(CCc1ccc(Cl)cc1)N(c1ccc2oc3ccccc3c2c1)S(=O)[O-]. The molecule has 0 radical (unpaired) electrons. The zero-order valence-electron chi connectivity index (χ0n) is 15.7. The number of aliphatic carboxylic acids is 1. The van der Waals surface area contributed by atoms with Crippen molar-refractivity contribution < 1.29 is 23.1 Å². The predicted octanol–water partition coefficient (Wildman–Crippen LogP) is 4.93. The second-order valence-electron chi connectivity index (χ2n) is 6.84. The number of fused-ring (bicyclic) bond motifs is 3. The number of para-hydroxylation sites is 1. The number of carbonyl (C=O) groups is 1. The number of hydrogen-bond donors (Lipinski definition) is 1. The summed E-state index contributed by atoms with van der Waals surface area (Å²) in [5.41, 5.74) is 2.42. The maximum Gasteiger partial charge on any atom is 0.327 e. The number of carboxylic acid groups (broad SMARTS) is 1. The van der Waals surface area contributed by atoms with Crippen LogP contribution in [0.25, 0.3) is 21.9 Å². The fraction of sp³-hybridized carbons (Fsp3) is 0.136. The highest BCUT2D eigenvalue weighted by Gasteiger charge is 2.27. The molecular formula is C22H17ClNO5S-. The minimum Gasteiger partial charge on any atom is -0.755 e. The van der Waals surface area contributed by atoms with E-state index in [1.54, 1.807) is 42.5 Å². The summed E-state index contributed by atoms with van der Waals surface area (Å²) in [5.74, 6) is -1.22. The van der Waals surface area contributed by atoms with Crippen LogP contribution in [0.5, 0.6) is 0 Å². The van der Waals surface area contributed by atoms with Crippen molar-refractivity contribution in [1.29, 1.82) is 0 Å². The summed E-state index contributed by atoms with van der Waals surface area (Å²) in [4.78, 5) is 12.0. The Balaban J connectivity index is 1.69. The Kier molecular flexibility index (Phi) is 5.76. The number of anilines is 1. The van der Waals surface area contributed by atoms with Crippen molar-refractivity contribution in [2.45, 2.75) is 18.9 Å². The molecule has 0 aliphatic heterocycles. The van der Waals surface area contributed by atoms with Gasteiger partial charge in [-0.25, -0.2) is 4.79 Å². The quantitative estimate of drug-likeness (QED) is 0.410. The zero-order valence-corrected chi connectivity index (χ0v) is 17.2. The average molecular weight is 443 g/mol. The van der Waals surface area contributed by atoms with E-state index in [0.717, 1.165) is 20.6 Å². The van der Waals surface area contributed by atoms with Gasteiger partial charge in [-0.15, -0.1) is 0 Å². The van der Waals surface area contributed by atoms with E-state index in [1.165, 1.54) is 0 Å². The van der Waals surface area contributed by atoms with Gasteiger partial charge in [0, 0.05) is 27.1 Å². The molecule has 30 heavy (non-hydrogen) atoms. The first-order valence-electron chi connectivity index (χ1n) is 9.21. The van der Waals surface area contributed by atoms with Crippen LogP contribution >= 0.6 is 11.6 Å². The molecule has 1 aromatic heterocycles. The Morgan fingerprint density at radius 3 is 2.47 bits per heavy atom. The van der Waals surface area contributed by atoms with Crippen LogP contribution in [-0.4, -0.2) is 25.9 Å². The largest absolute Gasteiger partial charge is 0.755 e. The Bertz CT molecular complexity index is 1240. The van der Waals surface area contributed by atoms with E-state index in [2.05, 4.69) is 0 Å². The third kappa shape index (κ3) is 4.05. The van der Waals surface area contributed by atoms with Gasteiger partial charge in [-0.2, -0.15) is 0 Å². The van der Waals surface area contributed by atoms with E-state index in [-0.39, 0.29) is 12.1 Å². The third-order valence-corrected chi connectivity index (χ3v) is 6.00. The molecule has 1 N–H and O–H groups in total. The van der Waals surface area contributed by atoms with Crippen molar-refractivity contribution >= 4 is 56.5 Å². The van der Waals surface area contributed by atoms with E-state index >= 15 is 0 Å². The normalized spacial score (nSPS) is 13.4. The molecule has 4 rings (SSSR count). The number of aryl methyl sites for hydroxylation is 1. The lowest BCUT2D eigenvalue weighted by atomic mass is 10.0. The molecule has 3 aromatic carbocycles. The molecule has 8 heteroatoms. The topological polar surface area (TPSA) is 93.8 Å². The molecule has 0 bridgehead atoms. The van der Waals surface area contributed by atoms with E-state index in [9.17, 15) is 18.7 Å². The molecule has 0 spiro atoms. The van der Waals surface area contributed by atoms with Crippen LogP contribution in [-0.2, 0) is 22.5 Å². The fourth-order valence-corrected chi connectivity index (χ4v) is 4.33. The van der Waals surface area contributed by atoms with E-state index in [4.69, 9.17) is 16.0 Å². The number of rotatable bonds is 7. The minimum atomic E-state index is -2.78. The highest BCUT2D eigenvalue weighted by atomic mass is 35.5. The smallest absolute Gasteiger partial charge is 0.327 e. The van der Waals surface area contributed by atoms with Crippen LogP contribution in [0.15, 0.2) is 71.1 Å². The molecule has 0 amide bonds. The summed E-state index contributed by atoms with van der Waals surface area (Å²) < 4.78 is 30.8. The summed E-state index contributed by atoms with van der Waals surface area (Å²) in [5, 5.41) is 11.9. The Morgan fingerprint density at radius 2 is 1.77 bits per heavy atom. The van der Waals surface area contributed by atoms with Gasteiger partial charge in [0.15, 0.2) is 0 Å². The van der Waals surface area contributed by atoms with E-state index < -0.39 is 23.3 Å². The average Bonchev–Trinajstić information content (AvgIpc) is 3.09. The van der Waals surface area contributed by atoms with Crippen molar-refractivity contribution in [2.75, 3.05) is 4.31 Å². The molecule has 0 aliphatic carbocycles. The molecule has 0 fully saturated rings. The molecule has 154 valence electrons. The van der Waals surface area contributed by atoms with Crippen LogP contribution in [0.3, 0.4) is 0 Å². The maximum absolute atomic E-state index is 12.1. The highest BCUT2D eigenvalue weighted by Crippen LogP contribution is 2.33. The number of halogens is 1. The molecule has 4 aromatic rings. The second kappa shape index (κ2) is 8.47. The number of hydrogen-bond acceptors (Lipinski definition) is 4. The first-order chi connectivity index (χ1) is 14.4. The molecule has 0 saturated heterocycles. The Hall–Kier alpha value is -2.87. The lowest BCUT2D eigenvalue weighted by molar-refractivity contribution is -0.138. The number of benzene rings is 3. The lowest BCUT2D eigenvalue weighted by Gasteiger charge is -2.32. The van der Waals surface area contributed by atoms with Gasteiger partial charge in [0.2, 0.25) is 0 Å². The van der Waals surface area contributed by atoms with Crippen LogP contribution in [0.4, 0.5) is 5.69 Å². The summed E-state index contributed by atoms with van der Waals surface area (Å²) in [7, 11) is 0. The van der Waals surface area contributed by atoms with Gasteiger partial charge < -0.3 is 14.1 Å². The van der Waals surface area contributed by atoms with Gasteiger partial charge in [-0.1, -0.05) is 41.9 Å². The molecule has 2 atom stereocenters. The van der Waals surface area contributed by atoms with Crippen molar-refractivity contribution in [2.24, 2.45) is 0 Å². The molecule has 0 saturated carbocycles. The molecule has 1 heterocycles.